The maximum Gasteiger partial charge on any atom is 0.309 e. The van der Waals surface area contributed by atoms with E-state index in [1.807, 2.05) is 0 Å². The Balaban J connectivity index is 2.05. The fraction of sp³-hybridized carbons (Fsp3) is 0.875. The molecule has 2 saturated heterocycles. The Hall–Kier alpha value is -1.14. The molecule has 0 spiro atoms. The van der Waals surface area contributed by atoms with Crippen LogP contribution in [0.3, 0.4) is 0 Å². The topological polar surface area (TPSA) is 93.1 Å². The molecule has 2 aliphatic heterocycles. The molecule has 0 aromatic carbocycles. The van der Waals surface area contributed by atoms with E-state index in [1.165, 1.54) is 0 Å². The third-order valence-corrected chi connectivity index (χ3v) is 4.78. The van der Waals surface area contributed by atoms with Crippen molar-refractivity contribution in [2.24, 2.45) is 5.41 Å². The van der Waals surface area contributed by atoms with Crippen molar-refractivity contribution in [1.29, 1.82) is 0 Å². The summed E-state index contributed by atoms with van der Waals surface area (Å²) < 4.78 is 11.3. The Morgan fingerprint density at radius 2 is 1.55 bits per heavy atom. The third kappa shape index (κ3) is 4.68. The molecule has 2 heterocycles. The minimum absolute atomic E-state index is 0.00603. The zero-order chi connectivity index (χ0) is 16.0. The average Bonchev–Trinajstić information content (AvgIpc) is 3.11. The first kappa shape index (κ1) is 17.2. The maximum atomic E-state index is 12.0. The molecule has 0 aromatic rings. The van der Waals surface area contributed by atoms with Gasteiger partial charge in [0.2, 0.25) is 0 Å². The maximum absolute atomic E-state index is 12.0. The second-order valence-corrected chi connectivity index (χ2v) is 6.51. The van der Waals surface area contributed by atoms with Gasteiger partial charge < -0.3 is 19.7 Å². The fourth-order valence-electron chi connectivity index (χ4n) is 3.63. The molecule has 126 valence electrons. The Kier molecular flexibility index (Phi) is 6.20. The summed E-state index contributed by atoms with van der Waals surface area (Å²) in [5.74, 6) is -1.72. The SMILES string of the molecule is O=C(O)CCCC(CC1CCCO1)(CC1CCCO1)C(=O)O. The van der Waals surface area contributed by atoms with Crippen LogP contribution in [0.25, 0.3) is 0 Å². The van der Waals surface area contributed by atoms with Crippen LogP contribution in [-0.4, -0.2) is 47.6 Å². The van der Waals surface area contributed by atoms with Gasteiger partial charge in [-0.1, -0.05) is 0 Å². The van der Waals surface area contributed by atoms with Crippen LogP contribution in [0.1, 0.15) is 57.8 Å². The van der Waals surface area contributed by atoms with E-state index in [-0.39, 0.29) is 18.6 Å². The number of aliphatic carboxylic acids is 2. The highest BCUT2D eigenvalue weighted by Gasteiger charge is 2.43. The summed E-state index contributed by atoms with van der Waals surface area (Å²) in [6, 6.07) is 0. The van der Waals surface area contributed by atoms with Crippen LogP contribution in [0.4, 0.5) is 0 Å². The van der Waals surface area contributed by atoms with Gasteiger partial charge in [-0.25, -0.2) is 0 Å². The van der Waals surface area contributed by atoms with Gasteiger partial charge in [0, 0.05) is 19.6 Å². The summed E-state index contributed by atoms with van der Waals surface area (Å²) in [6.07, 6.45) is 5.33. The second kappa shape index (κ2) is 7.92. The van der Waals surface area contributed by atoms with E-state index in [9.17, 15) is 14.7 Å². The molecule has 0 bridgehead atoms. The number of carbonyl (C=O) groups is 2. The van der Waals surface area contributed by atoms with E-state index in [0.717, 1.165) is 25.7 Å². The van der Waals surface area contributed by atoms with Crippen molar-refractivity contribution in [3.05, 3.63) is 0 Å². The third-order valence-electron chi connectivity index (χ3n) is 4.78. The lowest BCUT2D eigenvalue weighted by molar-refractivity contribution is -0.155. The molecule has 2 aliphatic rings. The molecule has 2 rings (SSSR count). The number of rotatable bonds is 9. The Labute approximate surface area is 130 Å². The van der Waals surface area contributed by atoms with Crippen LogP contribution in [-0.2, 0) is 19.1 Å². The molecule has 2 unspecified atom stereocenters. The first-order valence-electron chi connectivity index (χ1n) is 8.20. The van der Waals surface area contributed by atoms with Gasteiger partial charge in [0.1, 0.15) is 0 Å². The molecule has 2 atom stereocenters. The van der Waals surface area contributed by atoms with Gasteiger partial charge in [-0.2, -0.15) is 0 Å². The van der Waals surface area contributed by atoms with Crippen molar-refractivity contribution in [1.82, 2.24) is 0 Å². The van der Waals surface area contributed by atoms with Crippen LogP contribution in [0.2, 0.25) is 0 Å². The molecular formula is C16H26O6. The second-order valence-electron chi connectivity index (χ2n) is 6.51. The van der Waals surface area contributed by atoms with Gasteiger partial charge in [-0.3, -0.25) is 9.59 Å². The van der Waals surface area contributed by atoms with E-state index in [4.69, 9.17) is 14.6 Å². The highest BCUT2D eigenvalue weighted by Crippen LogP contribution is 2.40. The molecular weight excluding hydrogens is 288 g/mol. The number of carboxylic acids is 2. The minimum Gasteiger partial charge on any atom is -0.481 e. The molecule has 0 aromatic heterocycles. The van der Waals surface area contributed by atoms with E-state index >= 15 is 0 Å². The van der Waals surface area contributed by atoms with E-state index in [1.54, 1.807) is 0 Å². The van der Waals surface area contributed by atoms with Crippen LogP contribution >= 0.6 is 0 Å². The Bertz CT molecular complexity index is 364. The van der Waals surface area contributed by atoms with Gasteiger partial charge in [0.05, 0.1) is 17.6 Å². The molecule has 2 N–H and O–H groups in total. The van der Waals surface area contributed by atoms with Crippen molar-refractivity contribution in [2.45, 2.75) is 70.0 Å². The Morgan fingerprint density at radius 3 is 1.91 bits per heavy atom. The number of carboxylic acid groups (broad SMARTS) is 2. The lowest BCUT2D eigenvalue weighted by Gasteiger charge is -2.33. The molecule has 6 nitrogen and oxygen atoms in total. The summed E-state index contributed by atoms with van der Waals surface area (Å²) in [6.45, 7) is 1.38. The predicted molar refractivity (Wildman–Crippen MR) is 78.7 cm³/mol. The fourth-order valence-corrected chi connectivity index (χ4v) is 3.63. The number of hydrogen-bond acceptors (Lipinski definition) is 4. The predicted octanol–water partition coefficient (Wildman–Crippen LogP) is 2.45. The van der Waals surface area contributed by atoms with Crippen LogP contribution < -0.4 is 0 Å². The van der Waals surface area contributed by atoms with Gasteiger partial charge in [0.15, 0.2) is 0 Å². The molecule has 0 saturated carbocycles. The lowest BCUT2D eigenvalue weighted by atomic mass is 9.73. The van der Waals surface area contributed by atoms with Gasteiger partial charge in [-0.15, -0.1) is 0 Å². The van der Waals surface area contributed by atoms with Crippen molar-refractivity contribution in [2.75, 3.05) is 13.2 Å². The van der Waals surface area contributed by atoms with Gasteiger partial charge >= 0.3 is 11.9 Å². The largest absolute Gasteiger partial charge is 0.481 e. The van der Waals surface area contributed by atoms with Crippen molar-refractivity contribution < 1.29 is 29.3 Å². The standard InChI is InChI=1S/C16H26O6/c17-14(18)6-1-7-16(15(19)20,10-12-4-2-8-21-12)11-13-5-3-9-22-13/h12-13H,1-11H2,(H,17,18)(H,19,20). The molecule has 6 heteroatoms. The first-order chi connectivity index (χ1) is 10.5. The quantitative estimate of drug-likeness (QED) is 0.679. The minimum atomic E-state index is -0.931. The molecule has 0 amide bonds. The normalized spacial score (nSPS) is 27.6. The van der Waals surface area contributed by atoms with Crippen molar-refractivity contribution in [3.8, 4) is 0 Å². The van der Waals surface area contributed by atoms with E-state index in [2.05, 4.69) is 0 Å². The zero-order valence-corrected chi connectivity index (χ0v) is 13.0. The summed E-state index contributed by atoms with van der Waals surface area (Å²) in [4.78, 5) is 22.8. The molecule has 0 aliphatic carbocycles. The number of hydrogen-bond donors (Lipinski definition) is 2. The smallest absolute Gasteiger partial charge is 0.309 e. The number of ether oxygens (including phenoxy) is 2. The molecule has 22 heavy (non-hydrogen) atoms. The average molecular weight is 314 g/mol. The highest BCUT2D eigenvalue weighted by atomic mass is 16.5. The summed E-state index contributed by atoms with van der Waals surface area (Å²) in [7, 11) is 0. The monoisotopic (exact) mass is 314 g/mol. The van der Waals surface area contributed by atoms with E-state index < -0.39 is 17.4 Å². The first-order valence-corrected chi connectivity index (χ1v) is 8.20. The summed E-state index contributed by atoms with van der Waals surface area (Å²) >= 11 is 0. The van der Waals surface area contributed by atoms with E-state index in [0.29, 0.717) is 38.9 Å². The van der Waals surface area contributed by atoms with Crippen molar-refractivity contribution in [3.63, 3.8) is 0 Å². The molecule has 2 fully saturated rings. The lowest BCUT2D eigenvalue weighted by Crippen LogP contribution is -2.38. The van der Waals surface area contributed by atoms with Crippen LogP contribution in [0, 0.1) is 5.41 Å². The Morgan fingerprint density at radius 1 is 1.00 bits per heavy atom. The summed E-state index contributed by atoms with van der Waals surface area (Å²) in [5.41, 5.74) is -0.931. The highest BCUT2D eigenvalue weighted by molar-refractivity contribution is 5.75. The summed E-state index contributed by atoms with van der Waals surface area (Å²) in [5, 5.41) is 18.7. The zero-order valence-electron chi connectivity index (χ0n) is 13.0. The molecule has 0 radical (unpaired) electrons. The van der Waals surface area contributed by atoms with Gasteiger partial charge in [0.25, 0.3) is 0 Å². The van der Waals surface area contributed by atoms with Crippen LogP contribution in [0.15, 0.2) is 0 Å². The van der Waals surface area contributed by atoms with Gasteiger partial charge in [-0.05, 0) is 51.4 Å². The van der Waals surface area contributed by atoms with Crippen LogP contribution in [0.5, 0.6) is 0 Å². The van der Waals surface area contributed by atoms with Crippen molar-refractivity contribution >= 4 is 11.9 Å².